The largest absolute Gasteiger partial charge is 0.277 e. The molecule has 0 bridgehead atoms. The fraction of sp³-hybridized carbons (Fsp3) is 0.250. The summed E-state index contributed by atoms with van der Waals surface area (Å²) in [6, 6.07) is 0.329. The molecule has 0 radical (unpaired) electrons. The van der Waals surface area contributed by atoms with Gasteiger partial charge in [0.2, 0.25) is 0 Å². The van der Waals surface area contributed by atoms with Gasteiger partial charge in [-0.25, -0.2) is 0 Å². The third kappa shape index (κ3) is 0.966. The Bertz CT molecular complexity index is 391. The van der Waals surface area contributed by atoms with Crippen molar-refractivity contribution in [2.45, 2.75) is 18.9 Å². The molecule has 0 aromatic carbocycles. The molecule has 1 unspecified atom stereocenters. The highest BCUT2D eigenvalue weighted by Gasteiger charge is 2.25. The van der Waals surface area contributed by atoms with Crippen LogP contribution in [0.25, 0.3) is 0 Å². The van der Waals surface area contributed by atoms with Crippen LogP contribution >= 0.6 is 0 Å². The van der Waals surface area contributed by atoms with E-state index in [1.807, 2.05) is 0 Å². The van der Waals surface area contributed by atoms with E-state index in [1.54, 1.807) is 0 Å². The second kappa shape index (κ2) is 2.56. The highest BCUT2D eigenvalue weighted by atomic mass is 14.8. The molecule has 64 valence electrons. The first-order chi connectivity index (χ1) is 6.45. The standard InChI is InChI=1S/C12H11N/c1-3-7-11-9(5-1)10-6-2-4-8-12(10)13-11/h1-5,7,11H,6,8H2. The first kappa shape index (κ1) is 7.07. The van der Waals surface area contributed by atoms with Gasteiger partial charge in [-0.2, -0.15) is 0 Å². The number of aliphatic imine (C=N–C) groups is 1. The lowest BCUT2D eigenvalue weighted by molar-refractivity contribution is 0.990. The van der Waals surface area contributed by atoms with Gasteiger partial charge in [-0.1, -0.05) is 36.5 Å². The van der Waals surface area contributed by atoms with E-state index < -0.39 is 0 Å². The van der Waals surface area contributed by atoms with Crippen molar-refractivity contribution in [1.82, 2.24) is 0 Å². The Morgan fingerprint density at radius 3 is 3.08 bits per heavy atom. The lowest BCUT2D eigenvalue weighted by atomic mass is 9.92. The molecule has 0 aromatic heterocycles. The molecular weight excluding hydrogens is 158 g/mol. The number of nitrogens with zero attached hydrogens (tertiary/aromatic N) is 1. The van der Waals surface area contributed by atoms with Crippen LogP contribution in [-0.2, 0) is 0 Å². The summed E-state index contributed by atoms with van der Waals surface area (Å²) in [5.74, 6) is 0. The van der Waals surface area contributed by atoms with Crippen molar-refractivity contribution in [3.05, 3.63) is 47.6 Å². The van der Waals surface area contributed by atoms with Crippen LogP contribution in [0.15, 0.2) is 52.6 Å². The van der Waals surface area contributed by atoms with Crippen molar-refractivity contribution in [1.29, 1.82) is 0 Å². The second-order valence-corrected chi connectivity index (χ2v) is 3.58. The Hall–Kier alpha value is -1.37. The molecule has 1 aliphatic heterocycles. The lowest BCUT2D eigenvalue weighted by Gasteiger charge is -2.10. The molecule has 2 aliphatic carbocycles. The normalized spacial score (nSPS) is 28.9. The van der Waals surface area contributed by atoms with Gasteiger partial charge in [0, 0.05) is 12.1 Å². The zero-order chi connectivity index (χ0) is 8.67. The van der Waals surface area contributed by atoms with Crippen molar-refractivity contribution < 1.29 is 0 Å². The maximum absolute atomic E-state index is 4.69. The summed E-state index contributed by atoms with van der Waals surface area (Å²) in [5, 5.41) is 0. The first-order valence-electron chi connectivity index (χ1n) is 4.75. The van der Waals surface area contributed by atoms with Gasteiger partial charge in [0.05, 0.1) is 6.04 Å². The number of hydrogen-bond donors (Lipinski definition) is 0. The summed E-state index contributed by atoms with van der Waals surface area (Å²) in [5.41, 5.74) is 4.19. The molecular formula is C12H11N. The van der Waals surface area contributed by atoms with Gasteiger partial charge >= 0.3 is 0 Å². The quantitative estimate of drug-likeness (QED) is 0.494. The van der Waals surface area contributed by atoms with E-state index >= 15 is 0 Å². The minimum atomic E-state index is 0.329. The minimum Gasteiger partial charge on any atom is -0.277 e. The van der Waals surface area contributed by atoms with Gasteiger partial charge in [0.1, 0.15) is 0 Å². The average molecular weight is 169 g/mol. The Kier molecular flexibility index (Phi) is 1.39. The van der Waals surface area contributed by atoms with Crippen molar-refractivity contribution in [3.8, 4) is 0 Å². The van der Waals surface area contributed by atoms with Crippen LogP contribution in [0, 0.1) is 0 Å². The molecule has 0 fully saturated rings. The summed E-state index contributed by atoms with van der Waals surface area (Å²) < 4.78 is 0. The summed E-state index contributed by atoms with van der Waals surface area (Å²) >= 11 is 0. The van der Waals surface area contributed by atoms with Crippen LogP contribution in [0.2, 0.25) is 0 Å². The molecule has 3 rings (SSSR count). The highest BCUT2D eigenvalue weighted by Crippen LogP contribution is 2.32. The molecule has 0 spiro atoms. The van der Waals surface area contributed by atoms with Gasteiger partial charge < -0.3 is 0 Å². The number of rotatable bonds is 0. The summed E-state index contributed by atoms with van der Waals surface area (Å²) in [4.78, 5) is 4.69. The molecule has 0 amide bonds. The van der Waals surface area contributed by atoms with E-state index in [0.717, 1.165) is 12.8 Å². The molecule has 1 atom stereocenters. The van der Waals surface area contributed by atoms with Crippen LogP contribution < -0.4 is 0 Å². The molecule has 0 aromatic rings. The van der Waals surface area contributed by atoms with Gasteiger partial charge in [-0.15, -0.1) is 0 Å². The van der Waals surface area contributed by atoms with Crippen LogP contribution in [0.5, 0.6) is 0 Å². The van der Waals surface area contributed by atoms with Crippen LogP contribution in [0.3, 0.4) is 0 Å². The van der Waals surface area contributed by atoms with Crippen molar-refractivity contribution in [2.75, 3.05) is 0 Å². The Labute approximate surface area is 77.9 Å². The molecule has 1 nitrogen and oxygen atoms in total. The summed E-state index contributed by atoms with van der Waals surface area (Å²) in [6.45, 7) is 0. The SMILES string of the molecule is C1=CC2=C3CC=CCC3=NC2C=C1. The molecule has 0 saturated heterocycles. The summed E-state index contributed by atoms with van der Waals surface area (Å²) in [6.07, 6.45) is 15.1. The molecule has 3 aliphatic rings. The fourth-order valence-electron chi connectivity index (χ4n) is 2.14. The molecule has 0 N–H and O–H groups in total. The van der Waals surface area contributed by atoms with E-state index in [9.17, 15) is 0 Å². The van der Waals surface area contributed by atoms with Gasteiger partial charge in [-0.3, -0.25) is 4.99 Å². The number of allylic oxidation sites excluding steroid dienone is 5. The van der Waals surface area contributed by atoms with E-state index in [0.29, 0.717) is 6.04 Å². The smallest absolute Gasteiger partial charge is 0.0940 e. The van der Waals surface area contributed by atoms with Crippen LogP contribution in [0.1, 0.15) is 12.8 Å². The van der Waals surface area contributed by atoms with E-state index in [4.69, 9.17) is 0 Å². The third-order valence-electron chi connectivity index (χ3n) is 2.79. The Morgan fingerprint density at radius 2 is 2.08 bits per heavy atom. The average Bonchev–Trinajstić information content (AvgIpc) is 2.56. The maximum atomic E-state index is 4.69. The van der Waals surface area contributed by atoms with Crippen molar-refractivity contribution in [3.63, 3.8) is 0 Å². The van der Waals surface area contributed by atoms with E-state index in [2.05, 4.69) is 41.4 Å². The van der Waals surface area contributed by atoms with Crippen molar-refractivity contribution >= 4 is 5.71 Å². The predicted molar refractivity (Wildman–Crippen MR) is 54.9 cm³/mol. The van der Waals surface area contributed by atoms with Gasteiger partial charge in [0.25, 0.3) is 0 Å². The molecule has 0 saturated carbocycles. The maximum Gasteiger partial charge on any atom is 0.0940 e. The van der Waals surface area contributed by atoms with Crippen molar-refractivity contribution in [2.24, 2.45) is 4.99 Å². The topological polar surface area (TPSA) is 12.4 Å². The van der Waals surface area contributed by atoms with Gasteiger partial charge in [0.15, 0.2) is 0 Å². The number of hydrogen-bond acceptors (Lipinski definition) is 1. The van der Waals surface area contributed by atoms with E-state index in [-0.39, 0.29) is 0 Å². The molecule has 1 heteroatoms. The van der Waals surface area contributed by atoms with Crippen LogP contribution in [-0.4, -0.2) is 11.8 Å². The molecule has 1 heterocycles. The second-order valence-electron chi connectivity index (χ2n) is 3.58. The monoisotopic (exact) mass is 169 g/mol. The van der Waals surface area contributed by atoms with Gasteiger partial charge in [-0.05, 0) is 17.6 Å². The van der Waals surface area contributed by atoms with Crippen LogP contribution in [0.4, 0.5) is 0 Å². The number of fused-ring (bicyclic) bond motifs is 2. The predicted octanol–water partition coefficient (Wildman–Crippen LogP) is 2.58. The molecule has 13 heavy (non-hydrogen) atoms. The zero-order valence-corrected chi connectivity index (χ0v) is 7.40. The highest BCUT2D eigenvalue weighted by molar-refractivity contribution is 6.05. The lowest BCUT2D eigenvalue weighted by Crippen LogP contribution is -2.03. The Balaban J connectivity index is 2.13. The fourth-order valence-corrected chi connectivity index (χ4v) is 2.14. The van der Waals surface area contributed by atoms with E-state index in [1.165, 1.54) is 16.9 Å². The first-order valence-corrected chi connectivity index (χ1v) is 4.75. The minimum absolute atomic E-state index is 0.329. The third-order valence-corrected chi connectivity index (χ3v) is 2.79. The Morgan fingerprint density at radius 1 is 1.15 bits per heavy atom. The zero-order valence-electron chi connectivity index (χ0n) is 7.40. The summed E-state index contributed by atoms with van der Waals surface area (Å²) in [7, 11) is 0.